The van der Waals surface area contributed by atoms with Gasteiger partial charge < -0.3 is 4.57 Å². The molecule has 0 unspecified atom stereocenters. The fourth-order valence-corrected chi connectivity index (χ4v) is 6.16. The predicted octanol–water partition coefficient (Wildman–Crippen LogP) is 11.2. The molecule has 0 radical (unpaired) electrons. The zero-order valence-electron chi connectivity index (χ0n) is 28.0. The summed E-state index contributed by atoms with van der Waals surface area (Å²) in [5.41, 5.74) is -2.48. The molecule has 0 bridgehead atoms. The number of rotatable bonds is 3. The summed E-state index contributed by atoms with van der Waals surface area (Å²) in [6, 6.07) is 55.0. The summed E-state index contributed by atoms with van der Waals surface area (Å²) in [6.07, 6.45) is 0. The molecule has 0 saturated heterocycles. The fourth-order valence-electron chi connectivity index (χ4n) is 6.16. The smallest absolute Gasteiger partial charge is 0.309 e. The lowest BCUT2D eigenvalue weighted by atomic mass is 9.96. The Kier molecular flexibility index (Phi) is 10.5. The highest BCUT2D eigenvalue weighted by atomic mass is 32.2. The van der Waals surface area contributed by atoms with Crippen LogP contribution in [0, 0.1) is 0 Å². The van der Waals surface area contributed by atoms with Crippen molar-refractivity contribution in [1.29, 1.82) is 0 Å². The van der Waals surface area contributed by atoms with Crippen molar-refractivity contribution in [2.75, 3.05) is 0 Å². The van der Waals surface area contributed by atoms with E-state index < -0.39 is 31.3 Å². The van der Waals surface area contributed by atoms with Gasteiger partial charge in [-0.2, -0.15) is 43.2 Å². The molecule has 0 aliphatic rings. The van der Waals surface area contributed by atoms with Gasteiger partial charge in [-0.05, 0) is 68.1 Å². The standard InChI is InChI=1S/C38H25N.2CHF3O3S/c1-2-14-30(15-3-1)39-37-24-28(33-18-8-12-26-10-4-6-16-31(26)33)20-22-35(37)36-23-21-29(25-38(36)39)34-19-9-13-27-11-5-7-17-32(27)34;2*2-1(3,4)8(5,6)7/h1-25H;2*(H,5,6,7). The molecule has 0 amide bonds. The van der Waals surface area contributed by atoms with Crippen LogP contribution in [0.1, 0.15) is 0 Å². The van der Waals surface area contributed by atoms with Crippen LogP contribution >= 0.6 is 0 Å². The highest BCUT2D eigenvalue weighted by molar-refractivity contribution is 7.86. The van der Waals surface area contributed by atoms with Crippen molar-refractivity contribution >= 4 is 63.6 Å². The minimum absolute atomic E-state index is 1.17. The van der Waals surface area contributed by atoms with Crippen molar-refractivity contribution in [3.8, 4) is 27.9 Å². The molecule has 8 aromatic rings. The Bertz CT molecular complexity index is 2720. The highest BCUT2D eigenvalue weighted by Gasteiger charge is 2.45. The van der Waals surface area contributed by atoms with Gasteiger partial charge in [0.15, 0.2) is 0 Å². The monoisotopic (exact) mass is 795 g/mol. The van der Waals surface area contributed by atoms with Crippen molar-refractivity contribution < 1.29 is 52.3 Å². The van der Waals surface area contributed by atoms with Gasteiger partial charge in [-0.1, -0.05) is 127 Å². The zero-order valence-corrected chi connectivity index (χ0v) is 29.6. The number of nitrogens with zero attached hydrogens (tertiary/aromatic N) is 1. The lowest BCUT2D eigenvalue weighted by Crippen LogP contribution is -2.21. The maximum atomic E-state index is 10.7. The van der Waals surface area contributed by atoms with Gasteiger partial charge >= 0.3 is 31.3 Å². The molecule has 0 spiro atoms. The highest BCUT2D eigenvalue weighted by Crippen LogP contribution is 2.39. The molecule has 0 saturated carbocycles. The fraction of sp³-hybridized carbons (Fsp3) is 0.0500. The van der Waals surface area contributed by atoms with Gasteiger partial charge in [0.2, 0.25) is 0 Å². The van der Waals surface area contributed by atoms with Crippen molar-refractivity contribution in [2.24, 2.45) is 0 Å². The normalized spacial score (nSPS) is 12.3. The Balaban J connectivity index is 0.000000272. The average Bonchev–Trinajstić information content (AvgIpc) is 3.46. The van der Waals surface area contributed by atoms with Crippen molar-refractivity contribution in [3.63, 3.8) is 0 Å². The first-order valence-electron chi connectivity index (χ1n) is 16.0. The van der Waals surface area contributed by atoms with E-state index >= 15 is 0 Å². The van der Waals surface area contributed by atoms with Crippen LogP contribution in [0.25, 0.3) is 71.3 Å². The molecule has 55 heavy (non-hydrogen) atoms. The summed E-state index contributed by atoms with van der Waals surface area (Å²) < 4.78 is 118. The van der Waals surface area contributed by atoms with Gasteiger partial charge in [-0.3, -0.25) is 9.11 Å². The van der Waals surface area contributed by atoms with Crippen LogP contribution in [-0.2, 0) is 20.2 Å². The van der Waals surface area contributed by atoms with E-state index in [1.807, 2.05) is 0 Å². The van der Waals surface area contributed by atoms with E-state index in [-0.39, 0.29) is 0 Å². The molecule has 1 heterocycles. The molecular weight excluding hydrogens is 769 g/mol. The van der Waals surface area contributed by atoms with Gasteiger partial charge in [0.25, 0.3) is 0 Å². The van der Waals surface area contributed by atoms with Crippen LogP contribution in [0.4, 0.5) is 26.3 Å². The second kappa shape index (κ2) is 14.8. The molecule has 0 aliphatic heterocycles. The van der Waals surface area contributed by atoms with Crippen LogP contribution in [0.3, 0.4) is 0 Å². The van der Waals surface area contributed by atoms with E-state index in [4.69, 9.17) is 25.9 Å². The molecule has 0 fully saturated rings. The van der Waals surface area contributed by atoms with Gasteiger partial charge in [0.1, 0.15) is 0 Å². The molecular formula is C40H27F6NO6S2. The second-order valence-electron chi connectivity index (χ2n) is 12.0. The molecule has 15 heteroatoms. The van der Waals surface area contributed by atoms with Crippen LogP contribution < -0.4 is 0 Å². The largest absolute Gasteiger partial charge is 0.522 e. The van der Waals surface area contributed by atoms with E-state index in [0.29, 0.717) is 0 Å². The van der Waals surface area contributed by atoms with Gasteiger partial charge in [0, 0.05) is 16.5 Å². The van der Waals surface area contributed by atoms with Crippen molar-refractivity contribution in [1.82, 2.24) is 4.57 Å². The van der Waals surface area contributed by atoms with E-state index in [2.05, 4.69) is 156 Å². The molecule has 2 N–H and O–H groups in total. The van der Waals surface area contributed by atoms with Crippen molar-refractivity contribution in [2.45, 2.75) is 11.0 Å². The van der Waals surface area contributed by atoms with E-state index in [1.165, 1.54) is 71.3 Å². The first kappa shape index (κ1) is 39.0. The lowest BCUT2D eigenvalue weighted by Gasteiger charge is -2.11. The Hall–Kier alpha value is -5.74. The number of halogens is 6. The third-order valence-corrected chi connectivity index (χ3v) is 9.74. The Morgan fingerprint density at radius 2 is 0.764 bits per heavy atom. The van der Waals surface area contributed by atoms with E-state index in [1.54, 1.807) is 0 Å². The molecule has 7 nitrogen and oxygen atoms in total. The number of para-hydroxylation sites is 1. The summed E-state index contributed by atoms with van der Waals surface area (Å²) >= 11 is 0. The summed E-state index contributed by atoms with van der Waals surface area (Å²) in [6.45, 7) is 0. The molecule has 1 aromatic heterocycles. The van der Waals surface area contributed by atoms with E-state index in [9.17, 15) is 26.3 Å². The minimum Gasteiger partial charge on any atom is -0.309 e. The molecule has 0 atom stereocenters. The lowest BCUT2D eigenvalue weighted by molar-refractivity contribution is -0.0514. The van der Waals surface area contributed by atoms with E-state index in [0.717, 1.165) is 0 Å². The third kappa shape index (κ3) is 8.19. The average molecular weight is 796 g/mol. The van der Waals surface area contributed by atoms with Gasteiger partial charge in [-0.15, -0.1) is 0 Å². The van der Waals surface area contributed by atoms with Crippen molar-refractivity contribution in [3.05, 3.63) is 152 Å². The minimum atomic E-state index is -5.84. The summed E-state index contributed by atoms with van der Waals surface area (Å²) in [5.74, 6) is 0. The number of alkyl halides is 6. The summed E-state index contributed by atoms with van der Waals surface area (Å²) in [7, 11) is -11.7. The number of fused-ring (bicyclic) bond motifs is 5. The summed E-state index contributed by atoms with van der Waals surface area (Å²) in [5, 5.41) is 7.61. The Morgan fingerprint density at radius 3 is 1.15 bits per heavy atom. The summed E-state index contributed by atoms with van der Waals surface area (Å²) in [4.78, 5) is 0. The van der Waals surface area contributed by atoms with Crippen LogP contribution in [0.5, 0.6) is 0 Å². The number of benzene rings is 7. The Morgan fingerprint density at radius 1 is 0.418 bits per heavy atom. The number of aromatic nitrogens is 1. The number of hydrogen-bond acceptors (Lipinski definition) is 4. The molecule has 7 aromatic carbocycles. The molecule has 282 valence electrons. The maximum Gasteiger partial charge on any atom is 0.522 e. The van der Waals surface area contributed by atoms with Crippen LogP contribution in [0.15, 0.2) is 152 Å². The molecule has 0 aliphatic carbocycles. The SMILES string of the molecule is O=S(=O)(O)C(F)(F)F.O=S(=O)(O)C(F)(F)F.c1ccc(-n2c3cc(-c4cccc5ccccc45)ccc3c3ccc(-c4cccc5ccccc45)cc32)cc1. The third-order valence-electron chi connectivity index (χ3n) is 8.57. The Labute approximate surface area is 310 Å². The van der Waals surface area contributed by atoms with Crippen LogP contribution in [-0.4, -0.2) is 41.5 Å². The molecule has 8 rings (SSSR count). The first-order valence-corrected chi connectivity index (χ1v) is 18.9. The maximum absolute atomic E-state index is 10.7. The topological polar surface area (TPSA) is 114 Å². The zero-order chi connectivity index (χ0) is 39.8. The second-order valence-corrected chi connectivity index (χ2v) is 14.9. The van der Waals surface area contributed by atoms with Crippen LogP contribution in [0.2, 0.25) is 0 Å². The quantitative estimate of drug-likeness (QED) is 0.105. The number of hydrogen-bond donors (Lipinski definition) is 2. The first-order chi connectivity index (χ1) is 25.8. The van der Waals surface area contributed by atoms with Gasteiger partial charge in [-0.25, -0.2) is 0 Å². The van der Waals surface area contributed by atoms with Gasteiger partial charge in [0.05, 0.1) is 11.0 Å². The predicted molar refractivity (Wildman–Crippen MR) is 202 cm³/mol.